The highest BCUT2D eigenvalue weighted by Crippen LogP contribution is 2.38. The Morgan fingerprint density at radius 1 is 1.16 bits per heavy atom. The van der Waals surface area contributed by atoms with E-state index >= 15 is 0 Å². The number of hydrogen-bond donors (Lipinski definition) is 2. The number of rotatable bonds is 6. The second-order valence-corrected chi connectivity index (χ2v) is 10.5. The molecular formula is C22H27FN4O4S. The van der Waals surface area contributed by atoms with Crippen molar-refractivity contribution in [3.8, 4) is 5.75 Å². The first-order valence-electron chi connectivity index (χ1n) is 10.6. The molecule has 32 heavy (non-hydrogen) atoms. The number of pyridine rings is 1. The molecule has 10 heteroatoms. The summed E-state index contributed by atoms with van der Waals surface area (Å²) in [5, 5.41) is 8.27. The van der Waals surface area contributed by atoms with E-state index in [2.05, 4.69) is 15.2 Å². The minimum atomic E-state index is -3.78. The van der Waals surface area contributed by atoms with Crippen LogP contribution in [0, 0.1) is 5.82 Å². The van der Waals surface area contributed by atoms with Crippen LogP contribution in [0.25, 0.3) is 0 Å². The van der Waals surface area contributed by atoms with E-state index in [9.17, 15) is 17.6 Å². The number of carbonyl (C=O) groups excluding carboxylic acids is 1. The number of fused-ring (bicyclic) bond motifs is 2. The number of benzene rings is 1. The van der Waals surface area contributed by atoms with Gasteiger partial charge in [0.2, 0.25) is 10.0 Å². The van der Waals surface area contributed by atoms with E-state index < -0.39 is 15.6 Å². The quantitative estimate of drug-likeness (QED) is 0.681. The van der Waals surface area contributed by atoms with Crippen molar-refractivity contribution in [1.82, 2.24) is 10.3 Å². The zero-order valence-corrected chi connectivity index (χ0v) is 18.8. The van der Waals surface area contributed by atoms with Crippen LogP contribution in [0.3, 0.4) is 0 Å². The van der Waals surface area contributed by atoms with Gasteiger partial charge in [0, 0.05) is 24.3 Å². The minimum absolute atomic E-state index is 0.00367. The number of halogens is 1. The number of nitrogens with one attached hydrogen (secondary N) is 1. The Bertz CT molecular complexity index is 1080. The number of anilines is 1. The van der Waals surface area contributed by atoms with E-state index in [1.807, 2.05) is 0 Å². The normalized spacial score (nSPS) is 23.1. The number of sulfonamides is 1. The third kappa shape index (κ3) is 4.71. The van der Waals surface area contributed by atoms with Gasteiger partial charge in [0.25, 0.3) is 5.91 Å². The van der Waals surface area contributed by atoms with Crippen molar-refractivity contribution < 1.29 is 22.3 Å². The molecule has 3 N–H and O–H groups in total. The highest BCUT2D eigenvalue weighted by molar-refractivity contribution is 7.89. The van der Waals surface area contributed by atoms with Crippen LogP contribution in [0.5, 0.6) is 5.75 Å². The molecule has 0 spiro atoms. The van der Waals surface area contributed by atoms with Crippen molar-refractivity contribution in [2.24, 2.45) is 5.14 Å². The Labute approximate surface area is 187 Å². The Kier molecular flexibility index (Phi) is 5.85. The zero-order chi connectivity index (χ0) is 23.1. The molecule has 172 valence electrons. The first kappa shape index (κ1) is 22.5. The molecule has 2 aliphatic heterocycles. The van der Waals surface area contributed by atoms with Crippen LogP contribution in [0.15, 0.2) is 47.5 Å². The largest absolute Gasteiger partial charge is 0.478 e. The van der Waals surface area contributed by atoms with Gasteiger partial charge in [0.15, 0.2) is 5.60 Å². The molecule has 0 radical (unpaired) electrons. The summed E-state index contributed by atoms with van der Waals surface area (Å²) >= 11 is 0. The molecule has 2 aliphatic rings. The Balaban J connectivity index is 1.40. The van der Waals surface area contributed by atoms with Crippen LogP contribution in [-0.2, 0) is 14.8 Å². The van der Waals surface area contributed by atoms with Gasteiger partial charge in [-0.3, -0.25) is 4.79 Å². The summed E-state index contributed by atoms with van der Waals surface area (Å²) in [6.45, 7) is 3.37. The predicted octanol–water partition coefficient (Wildman–Crippen LogP) is 2.34. The zero-order valence-electron chi connectivity index (χ0n) is 18.0. The Hall–Kier alpha value is -2.72. The van der Waals surface area contributed by atoms with Crippen molar-refractivity contribution in [2.45, 2.75) is 68.2 Å². The van der Waals surface area contributed by atoms with E-state index in [4.69, 9.17) is 9.88 Å². The Morgan fingerprint density at radius 3 is 2.31 bits per heavy atom. The number of hydrogen-bond acceptors (Lipinski definition) is 6. The van der Waals surface area contributed by atoms with Gasteiger partial charge >= 0.3 is 0 Å². The first-order valence-corrected chi connectivity index (χ1v) is 12.1. The maximum absolute atomic E-state index is 13.1. The highest BCUT2D eigenvalue weighted by atomic mass is 32.2. The van der Waals surface area contributed by atoms with Gasteiger partial charge in [0.1, 0.15) is 22.3 Å². The third-order valence-electron chi connectivity index (χ3n) is 6.12. The summed E-state index contributed by atoms with van der Waals surface area (Å²) in [6.07, 6.45) is 4.75. The standard InChI is InChI=1S/C22H27FN4O4S/c1-22(2,31-18-7-3-14(23)4-8-18)21(28)26-15-11-16-5-6-17(12-15)27(16)20-10-9-19(13-25-20)32(24,29)30/h3-4,7-10,13,15-17H,5-6,11-12H2,1-2H3,(H,26,28)(H2,24,29,30)/t15?,16-,17+. The van der Waals surface area contributed by atoms with Gasteiger partial charge in [-0.25, -0.2) is 22.9 Å². The molecule has 1 amide bonds. The van der Waals surface area contributed by atoms with Crippen molar-refractivity contribution in [2.75, 3.05) is 4.90 Å². The summed E-state index contributed by atoms with van der Waals surface area (Å²) in [6, 6.07) is 9.14. The molecule has 1 unspecified atom stereocenters. The number of nitrogens with two attached hydrogens (primary N) is 1. The van der Waals surface area contributed by atoms with Crippen molar-refractivity contribution in [3.05, 3.63) is 48.4 Å². The van der Waals surface area contributed by atoms with Gasteiger partial charge in [0.05, 0.1) is 0 Å². The summed E-state index contributed by atoms with van der Waals surface area (Å²) in [5.74, 6) is 0.552. The predicted molar refractivity (Wildman–Crippen MR) is 117 cm³/mol. The smallest absolute Gasteiger partial charge is 0.263 e. The monoisotopic (exact) mass is 462 g/mol. The fourth-order valence-electron chi connectivity index (χ4n) is 4.57. The van der Waals surface area contributed by atoms with E-state index in [1.54, 1.807) is 19.9 Å². The lowest BCUT2D eigenvalue weighted by atomic mass is 9.96. The molecule has 2 fully saturated rings. The van der Waals surface area contributed by atoms with Gasteiger partial charge in [-0.05, 0) is 75.9 Å². The van der Waals surface area contributed by atoms with Gasteiger partial charge in [-0.1, -0.05) is 0 Å². The lowest BCUT2D eigenvalue weighted by Gasteiger charge is -2.40. The van der Waals surface area contributed by atoms with Gasteiger partial charge < -0.3 is 15.0 Å². The summed E-state index contributed by atoms with van der Waals surface area (Å²) < 4.78 is 41.9. The summed E-state index contributed by atoms with van der Waals surface area (Å²) in [7, 11) is -3.78. The van der Waals surface area contributed by atoms with E-state index in [1.165, 1.54) is 36.5 Å². The number of amides is 1. The second kappa shape index (κ2) is 8.32. The van der Waals surface area contributed by atoms with Crippen LogP contribution in [-0.4, -0.2) is 43.0 Å². The lowest BCUT2D eigenvalue weighted by Crippen LogP contribution is -2.55. The third-order valence-corrected chi connectivity index (χ3v) is 7.01. The van der Waals surface area contributed by atoms with Crippen molar-refractivity contribution >= 4 is 21.7 Å². The number of aromatic nitrogens is 1. The van der Waals surface area contributed by atoms with Crippen LogP contribution >= 0.6 is 0 Å². The molecule has 3 atom stereocenters. The molecule has 8 nitrogen and oxygen atoms in total. The maximum Gasteiger partial charge on any atom is 0.263 e. The van der Waals surface area contributed by atoms with Crippen molar-refractivity contribution in [3.63, 3.8) is 0 Å². The van der Waals surface area contributed by atoms with Gasteiger partial charge in [-0.2, -0.15) is 0 Å². The van der Waals surface area contributed by atoms with E-state index in [0.717, 1.165) is 31.5 Å². The molecule has 4 rings (SSSR count). The fourth-order valence-corrected chi connectivity index (χ4v) is 5.02. The highest BCUT2D eigenvalue weighted by Gasteiger charge is 2.43. The molecule has 2 aromatic rings. The van der Waals surface area contributed by atoms with Gasteiger partial charge in [-0.15, -0.1) is 0 Å². The number of carbonyl (C=O) groups is 1. The molecular weight excluding hydrogens is 435 g/mol. The molecule has 1 aromatic carbocycles. The van der Waals surface area contributed by atoms with Crippen LogP contribution in [0.2, 0.25) is 0 Å². The number of primary sulfonamides is 1. The molecule has 3 heterocycles. The van der Waals surface area contributed by atoms with Crippen LogP contribution in [0.4, 0.5) is 10.2 Å². The van der Waals surface area contributed by atoms with Crippen molar-refractivity contribution in [1.29, 1.82) is 0 Å². The maximum atomic E-state index is 13.1. The number of nitrogens with zero attached hydrogens (tertiary/aromatic N) is 2. The minimum Gasteiger partial charge on any atom is -0.478 e. The lowest BCUT2D eigenvalue weighted by molar-refractivity contribution is -0.135. The molecule has 0 saturated carbocycles. The number of piperidine rings is 1. The topological polar surface area (TPSA) is 115 Å². The number of ether oxygens (including phenoxy) is 1. The van der Waals surface area contributed by atoms with Crippen LogP contribution < -0.4 is 20.1 Å². The van der Waals surface area contributed by atoms with E-state index in [0.29, 0.717) is 5.75 Å². The first-order chi connectivity index (χ1) is 15.0. The fraction of sp³-hybridized carbons (Fsp3) is 0.455. The summed E-state index contributed by atoms with van der Waals surface area (Å²) in [5.41, 5.74) is -1.11. The molecule has 2 saturated heterocycles. The Morgan fingerprint density at radius 2 is 1.78 bits per heavy atom. The summed E-state index contributed by atoms with van der Waals surface area (Å²) in [4.78, 5) is 19.4. The second-order valence-electron chi connectivity index (χ2n) is 8.90. The SMILES string of the molecule is CC(C)(Oc1ccc(F)cc1)C(=O)NC1C[C@H]2CC[C@@H](C1)N2c1ccc(S(N)(=O)=O)cn1. The van der Waals surface area contributed by atoms with Crippen LogP contribution in [0.1, 0.15) is 39.5 Å². The molecule has 1 aromatic heterocycles. The van der Waals surface area contributed by atoms with E-state index in [-0.39, 0.29) is 34.7 Å². The molecule has 2 bridgehead atoms. The molecule has 0 aliphatic carbocycles. The average Bonchev–Trinajstić information content (AvgIpc) is 2.99. The average molecular weight is 463 g/mol.